The maximum Gasteiger partial charge on any atom is 0.0844 e. The van der Waals surface area contributed by atoms with Crippen LogP contribution >= 0.6 is 0 Å². The zero-order valence-electron chi connectivity index (χ0n) is 13.2. The minimum Gasteiger partial charge on any atom is -0.373 e. The van der Waals surface area contributed by atoms with Crippen LogP contribution < -0.4 is 0 Å². The number of epoxide rings is 2. The van der Waals surface area contributed by atoms with Crippen molar-refractivity contribution < 1.29 is 9.47 Å². The highest BCUT2D eigenvalue weighted by molar-refractivity contribution is 6.74. The molecule has 0 spiro atoms. The van der Waals surface area contributed by atoms with E-state index >= 15 is 0 Å². The van der Waals surface area contributed by atoms with E-state index in [4.69, 9.17) is 9.47 Å². The molecule has 0 aromatic heterocycles. The van der Waals surface area contributed by atoms with E-state index in [-0.39, 0.29) is 14.9 Å². The SMILES string of the molecule is C.C.CC1CO1.CCC1CCC2OC2C1.C[Si](C)(C)C. The normalized spacial score (nSPS) is 32.7. The Morgan fingerprint density at radius 3 is 1.75 bits per heavy atom. The van der Waals surface area contributed by atoms with Gasteiger partial charge in [-0.25, -0.2) is 0 Å². The van der Waals surface area contributed by atoms with Crippen LogP contribution in [0.3, 0.4) is 0 Å². The second kappa shape index (κ2) is 9.96. The summed E-state index contributed by atoms with van der Waals surface area (Å²) in [6.07, 6.45) is 7.41. The van der Waals surface area contributed by atoms with Gasteiger partial charge in [-0.2, -0.15) is 0 Å². The highest BCUT2D eigenvalue weighted by atomic mass is 28.3. The molecule has 0 bridgehead atoms. The molecule has 3 rings (SSSR count). The molecule has 1 aliphatic carbocycles. The monoisotopic (exact) mass is 304 g/mol. The van der Waals surface area contributed by atoms with Gasteiger partial charge in [-0.3, -0.25) is 0 Å². The molecule has 3 heteroatoms. The van der Waals surface area contributed by atoms with E-state index in [1.807, 2.05) is 0 Å². The molecule has 3 aliphatic rings. The summed E-state index contributed by atoms with van der Waals surface area (Å²) in [6.45, 7) is 14.6. The summed E-state index contributed by atoms with van der Waals surface area (Å²) in [5.74, 6) is 0.980. The number of hydrogen-bond donors (Lipinski definition) is 0. The van der Waals surface area contributed by atoms with Crippen molar-refractivity contribution in [3.05, 3.63) is 0 Å². The van der Waals surface area contributed by atoms with Crippen LogP contribution in [0.25, 0.3) is 0 Å². The van der Waals surface area contributed by atoms with E-state index < -0.39 is 8.07 Å². The molecule has 0 aromatic rings. The lowest BCUT2D eigenvalue weighted by Crippen LogP contribution is -2.11. The molecule has 2 heterocycles. The predicted molar refractivity (Wildman–Crippen MR) is 94.4 cm³/mol. The lowest BCUT2D eigenvalue weighted by atomic mass is 9.88. The van der Waals surface area contributed by atoms with Gasteiger partial charge in [-0.15, -0.1) is 0 Å². The maximum absolute atomic E-state index is 5.41. The summed E-state index contributed by atoms with van der Waals surface area (Å²) in [7, 11) is -0.611. The van der Waals surface area contributed by atoms with Gasteiger partial charge in [0, 0.05) is 8.07 Å². The second-order valence-corrected chi connectivity index (χ2v) is 13.4. The highest BCUT2D eigenvalue weighted by Crippen LogP contribution is 2.40. The summed E-state index contributed by atoms with van der Waals surface area (Å²) in [5.41, 5.74) is 0. The summed E-state index contributed by atoms with van der Waals surface area (Å²) in [4.78, 5) is 0. The van der Waals surface area contributed by atoms with Crippen molar-refractivity contribution >= 4 is 8.07 Å². The first-order valence-electron chi connectivity index (χ1n) is 7.56. The fourth-order valence-corrected chi connectivity index (χ4v) is 1.95. The lowest BCUT2D eigenvalue weighted by Gasteiger charge is -2.15. The smallest absolute Gasteiger partial charge is 0.0844 e. The average Bonchev–Trinajstić information content (AvgIpc) is 3.11. The van der Waals surface area contributed by atoms with Crippen molar-refractivity contribution in [2.24, 2.45) is 5.92 Å². The van der Waals surface area contributed by atoms with Crippen LogP contribution in [-0.4, -0.2) is 33.0 Å². The predicted octanol–water partition coefficient (Wildman–Crippen LogP) is 5.60. The van der Waals surface area contributed by atoms with Gasteiger partial charge in [0.15, 0.2) is 0 Å². The Kier molecular flexibility index (Phi) is 11.2. The van der Waals surface area contributed by atoms with Gasteiger partial charge in [0.1, 0.15) is 0 Å². The summed E-state index contributed by atoms with van der Waals surface area (Å²) in [6, 6.07) is 0. The van der Waals surface area contributed by atoms with Crippen molar-refractivity contribution in [1.29, 1.82) is 0 Å². The van der Waals surface area contributed by atoms with E-state index in [1.54, 1.807) is 0 Å². The Hall–Kier alpha value is 0.137. The van der Waals surface area contributed by atoms with E-state index in [0.29, 0.717) is 18.3 Å². The van der Waals surface area contributed by atoms with Crippen LogP contribution in [0, 0.1) is 5.92 Å². The lowest BCUT2D eigenvalue weighted by molar-refractivity contribution is 0.357. The number of hydrogen-bond acceptors (Lipinski definition) is 2. The quantitative estimate of drug-likeness (QED) is 0.465. The largest absolute Gasteiger partial charge is 0.373 e. The van der Waals surface area contributed by atoms with Crippen molar-refractivity contribution in [1.82, 2.24) is 0 Å². The topological polar surface area (TPSA) is 25.1 Å². The third kappa shape index (κ3) is 13.1. The average molecular weight is 305 g/mol. The van der Waals surface area contributed by atoms with Gasteiger partial charge in [-0.1, -0.05) is 54.4 Å². The minimum atomic E-state index is -0.611. The Balaban J connectivity index is 0. The Bertz CT molecular complexity index is 228. The number of ether oxygens (including phenoxy) is 2. The van der Waals surface area contributed by atoms with Gasteiger partial charge in [0.25, 0.3) is 0 Å². The van der Waals surface area contributed by atoms with Crippen LogP contribution in [0.1, 0.15) is 54.4 Å². The first-order valence-corrected chi connectivity index (χ1v) is 11.6. The Morgan fingerprint density at radius 2 is 1.45 bits per heavy atom. The molecule has 2 nitrogen and oxygen atoms in total. The van der Waals surface area contributed by atoms with E-state index in [2.05, 4.69) is 40.0 Å². The molecule has 0 N–H and O–H groups in total. The molecule has 1 saturated carbocycles. The summed E-state index contributed by atoms with van der Waals surface area (Å²) in [5, 5.41) is 0. The summed E-state index contributed by atoms with van der Waals surface area (Å²) < 4.78 is 10.1. The molecule has 4 atom stereocenters. The molecule has 124 valence electrons. The molecule has 2 aliphatic heterocycles. The van der Waals surface area contributed by atoms with Crippen LogP contribution in [-0.2, 0) is 9.47 Å². The fraction of sp³-hybridized carbons (Fsp3) is 1.00. The molecule has 0 amide bonds. The van der Waals surface area contributed by atoms with Crippen molar-refractivity contribution in [3.63, 3.8) is 0 Å². The van der Waals surface area contributed by atoms with Crippen LogP contribution in [0.4, 0.5) is 0 Å². The van der Waals surface area contributed by atoms with Crippen LogP contribution in [0.15, 0.2) is 0 Å². The number of fused-ring (bicyclic) bond motifs is 1. The van der Waals surface area contributed by atoms with Crippen LogP contribution in [0.2, 0.25) is 26.2 Å². The minimum absolute atomic E-state index is 0. The molecule has 0 radical (unpaired) electrons. The zero-order chi connectivity index (χ0) is 13.8. The van der Waals surface area contributed by atoms with E-state index in [9.17, 15) is 0 Å². The summed E-state index contributed by atoms with van der Waals surface area (Å²) >= 11 is 0. The maximum atomic E-state index is 5.41. The molecule has 20 heavy (non-hydrogen) atoms. The molecule has 0 aromatic carbocycles. The van der Waals surface area contributed by atoms with Crippen molar-refractivity contribution in [2.45, 2.75) is 98.9 Å². The zero-order valence-corrected chi connectivity index (χ0v) is 14.2. The Labute approximate surface area is 129 Å². The van der Waals surface area contributed by atoms with Gasteiger partial charge in [0.2, 0.25) is 0 Å². The first kappa shape index (κ1) is 22.4. The third-order valence-corrected chi connectivity index (χ3v) is 3.19. The van der Waals surface area contributed by atoms with Gasteiger partial charge < -0.3 is 9.47 Å². The van der Waals surface area contributed by atoms with Crippen LogP contribution in [0.5, 0.6) is 0 Å². The fourth-order valence-electron chi connectivity index (χ4n) is 1.95. The molecule has 3 fully saturated rings. The molecular formula is C17H40O2Si. The van der Waals surface area contributed by atoms with Crippen molar-refractivity contribution in [3.8, 4) is 0 Å². The first-order chi connectivity index (χ1) is 8.29. The Morgan fingerprint density at radius 1 is 1.00 bits per heavy atom. The molecule has 2 saturated heterocycles. The molecular weight excluding hydrogens is 264 g/mol. The van der Waals surface area contributed by atoms with Gasteiger partial charge in [-0.05, 0) is 32.1 Å². The van der Waals surface area contributed by atoms with Crippen molar-refractivity contribution in [2.75, 3.05) is 6.61 Å². The van der Waals surface area contributed by atoms with Gasteiger partial charge in [0.05, 0.1) is 24.9 Å². The number of rotatable bonds is 1. The van der Waals surface area contributed by atoms with Gasteiger partial charge >= 0.3 is 0 Å². The second-order valence-electron chi connectivity index (χ2n) is 7.44. The molecule has 4 unspecified atom stereocenters. The highest BCUT2D eigenvalue weighted by Gasteiger charge is 2.43. The van der Waals surface area contributed by atoms with E-state index in [0.717, 1.165) is 12.5 Å². The van der Waals surface area contributed by atoms with E-state index in [1.165, 1.54) is 25.7 Å². The standard InChI is InChI=1S/C8H14O.C4H12Si.C3H6O.2CH4/c1-2-6-3-4-7-8(5-6)9-7;1-5(2,3)4;1-3-2-4-3;;/h6-8H,2-5H2,1H3;1-4H3;3H,2H2,1H3;2*1H4. The third-order valence-electron chi connectivity index (χ3n) is 3.19.